The Morgan fingerprint density at radius 1 is 0.794 bits per heavy atom. The van der Waals surface area contributed by atoms with E-state index >= 15 is 0 Å². The van der Waals surface area contributed by atoms with Crippen molar-refractivity contribution in [2.45, 2.75) is 42.7 Å². The summed E-state index contributed by atoms with van der Waals surface area (Å²) in [5.41, 5.74) is 6.63. The highest BCUT2D eigenvalue weighted by Crippen LogP contribution is 2.21. The summed E-state index contributed by atoms with van der Waals surface area (Å²) < 4.78 is 27.4. The SMILES string of the molecule is NC(=O)CC[C@H](NC(=O)CC[C@H](NS(=O)(=O)c1ccc(-c2ccccc2)cc1)C(=O)O)C(=O)O. The molecule has 12 heteroatoms. The second kappa shape index (κ2) is 11.9. The second-order valence-corrected chi connectivity index (χ2v) is 9.12. The molecule has 182 valence electrons. The molecule has 2 atom stereocenters. The molecule has 2 rings (SSSR count). The first-order valence-electron chi connectivity index (χ1n) is 10.2. The lowest BCUT2D eigenvalue weighted by atomic mass is 10.1. The first-order chi connectivity index (χ1) is 16.0. The number of hydrogen-bond donors (Lipinski definition) is 5. The van der Waals surface area contributed by atoms with Gasteiger partial charge in [0, 0.05) is 12.8 Å². The number of carbonyl (C=O) groups is 4. The summed E-state index contributed by atoms with van der Waals surface area (Å²) in [7, 11) is -4.21. The molecule has 2 amide bonds. The fraction of sp³-hybridized carbons (Fsp3) is 0.273. The van der Waals surface area contributed by atoms with E-state index in [1.165, 1.54) is 12.1 Å². The van der Waals surface area contributed by atoms with Crippen molar-refractivity contribution < 1.29 is 37.8 Å². The molecule has 0 spiro atoms. The highest BCUT2D eigenvalue weighted by Gasteiger charge is 2.27. The van der Waals surface area contributed by atoms with Gasteiger partial charge in [0.25, 0.3) is 0 Å². The van der Waals surface area contributed by atoms with E-state index in [2.05, 4.69) is 10.0 Å². The quantitative estimate of drug-likeness (QED) is 0.270. The van der Waals surface area contributed by atoms with Crippen LogP contribution in [0, 0.1) is 0 Å². The van der Waals surface area contributed by atoms with Gasteiger partial charge in [0.05, 0.1) is 4.90 Å². The second-order valence-electron chi connectivity index (χ2n) is 7.40. The van der Waals surface area contributed by atoms with Crippen LogP contribution >= 0.6 is 0 Å². The van der Waals surface area contributed by atoms with E-state index in [0.29, 0.717) is 0 Å². The molecule has 0 bridgehead atoms. The molecular formula is C22H25N3O8S. The third-order valence-electron chi connectivity index (χ3n) is 4.84. The fourth-order valence-corrected chi connectivity index (χ4v) is 4.25. The van der Waals surface area contributed by atoms with E-state index in [4.69, 9.17) is 10.8 Å². The van der Waals surface area contributed by atoms with Gasteiger partial charge in [-0.3, -0.25) is 14.4 Å². The molecule has 0 unspecified atom stereocenters. The van der Waals surface area contributed by atoms with Crippen LogP contribution in [-0.4, -0.2) is 54.5 Å². The van der Waals surface area contributed by atoms with Gasteiger partial charge in [0.15, 0.2) is 0 Å². The van der Waals surface area contributed by atoms with E-state index < -0.39 is 58.7 Å². The standard InChI is InChI=1S/C22H25N3O8S/c23-19(26)12-10-17(21(28)29)24-20(27)13-11-18(22(30)31)25-34(32,33)16-8-6-15(7-9-16)14-4-2-1-3-5-14/h1-9,17-18,25H,10-13H2,(H2,23,26)(H,24,27)(H,28,29)(H,30,31)/t17-,18-/m0/s1. The van der Waals surface area contributed by atoms with Crippen molar-refractivity contribution in [1.82, 2.24) is 10.0 Å². The van der Waals surface area contributed by atoms with Gasteiger partial charge < -0.3 is 21.3 Å². The Morgan fingerprint density at radius 2 is 1.32 bits per heavy atom. The summed E-state index contributed by atoms with van der Waals surface area (Å²) in [5.74, 6) is -4.43. The molecule has 0 heterocycles. The molecule has 0 aliphatic rings. The van der Waals surface area contributed by atoms with Crippen LogP contribution in [0.3, 0.4) is 0 Å². The van der Waals surface area contributed by atoms with Crippen molar-refractivity contribution in [3.63, 3.8) is 0 Å². The van der Waals surface area contributed by atoms with Gasteiger partial charge in [-0.2, -0.15) is 4.72 Å². The molecule has 0 saturated carbocycles. The molecular weight excluding hydrogens is 466 g/mol. The summed E-state index contributed by atoms with van der Waals surface area (Å²) >= 11 is 0. The summed E-state index contributed by atoms with van der Waals surface area (Å²) in [6, 6.07) is 12.1. The topological polar surface area (TPSA) is 193 Å². The van der Waals surface area contributed by atoms with Crippen LogP contribution in [0.1, 0.15) is 25.7 Å². The molecule has 0 saturated heterocycles. The van der Waals surface area contributed by atoms with Crippen LogP contribution in [0.25, 0.3) is 11.1 Å². The summed E-state index contributed by atoms with van der Waals surface area (Å²) in [6.07, 6.45) is -1.39. The number of benzene rings is 2. The number of nitrogens with two attached hydrogens (primary N) is 1. The number of sulfonamides is 1. The first kappa shape index (κ1) is 26.5. The van der Waals surface area contributed by atoms with Crippen LogP contribution in [0.5, 0.6) is 0 Å². The molecule has 0 radical (unpaired) electrons. The maximum Gasteiger partial charge on any atom is 0.326 e. The van der Waals surface area contributed by atoms with Gasteiger partial charge in [0.1, 0.15) is 12.1 Å². The predicted octanol–water partition coefficient (Wildman–Crippen LogP) is 0.700. The Kier molecular flexibility index (Phi) is 9.27. The maximum atomic E-state index is 12.7. The average molecular weight is 492 g/mol. The zero-order valence-electron chi connectivity index (χ0n) is 18.0. The lowest BCUT2D eigenvalue weighted by Crippen LogP contribution is -2.44. The van der Waals surface area contributed by atoms with Gasteiger partial charge in [-0.1, -0.05) is 42.5 Å². The number of aliphatic carboxylic acids is 2. The van der Waals surface area contributed by atoms with Gasteiger partial charge in [-0.15, -0.1) is 0 Å². The zero-order valence-corrected chi connectivity index (χ0v) is 18.8. The van der Waals surface area contributed by atoms with Crippen molar-refractivity contribution in [2.75, 3.05) is 0 Å². The smallest absolute Gasteiger partial charge is 0.326 e. The van der Waals surface area contributed by atoms with Crippen LogP contribution in [0.2, 0.25) is 0 Å². The Balaban J connectivity index is 2.02. The van der Waals surface area contributed by atoms with Gasteiger partial charge in [-0.25, -0.2) is 13.2 Å². The normalized spacial score (nSPS) is 12.9. The molecule has 6 N–H and O–H groups in total. The third kappa shape index (κ3) is 7.98. The van der Waals surface area contributed by atoms with E-state index in [1.807, 2.05) is 30.3 Å². The minimum absolute atomic E-state index is 0.153. The Labute approximate surface area is 196 Å². The van der Waals surface area contributed by atoms with Crippen LogP contribution in [-0.2, 0) is 29.2 Å². The number of carbonyl (C=O) groups excluding carboxylic acids is 2. The molecule has 0 aromatic heterocycles. The maximum absolute atomic E-state index is 12.7. The van der Waals surface area contributed by atoms with Crippen molar-refractivity contribution in [3.05, 3.63) is 54.6 Å². The van der Waals surface area contributed by atoms with Gasteiger partial charge >= 0.3 is 11.9 Å². The molecule has 0 aliphatic carbocycles. The average Bonchev–Trinajstić information content (AvgIpc) is 2.79. The minimum atomic E-state index is -4.21. The summed E-state index contributed by atoms with van der Waals surface area (Å²) in [4.78, 5) is 45.5. The molecule has 2 aromatic carbocycles. The summed E-state index contributed by atoms with van der Waals surface area (Å²) in [5, 5.41) is 20.7. The molecule has 0 aliphatic heterocycles. The Bertz CT molecular complexity index is 1130. The lowest BCUT2D eigenvalue weighted by molar-refractivity contribution is -0.143. The first-order valence-corrected chi connectivity index (χ1v) is 11.7. The van der Waals surface area contributed by atoms with Crippen molar-refractivity contribution in [3.8, 4) is 11.1 Å². The van der Waals surface area contributed by atoms with Crippen LogP contribution < -0.4 is 15.8 Å². The Morgan fingerprint density at radius 3 is 1.85 bits per heavy atom. The molecule has 2 aromatic rings. The van der Waals surface area contributed by atoms with Crippen molar-refractivity contribution >= 4 is 33.8 Å². The third-order valence-corrected chi connectivity index (χ3v) is 6.33. The van der Waals surface area contributed by atoms with Crippen molar-refractivity contribution in [1.29, 1.82) is 0 Å². The van der Waals surface area contributed by atoms with E-state index in [-0.39, 0.29) is 17.7 Å². The largest absolute Gasteiger partial charge is 0.480 e. The van der Waals surface area contributed by atoms with Crippen LogP contribution in [0.4, 0.5) is 0 Å². The highest BCUT2D eigenvalue weighted by molar-refractivity contribution is 7.89. The predicted molar refractivity (Wildman–Crippen MR) is 121 cm³/mol. The Hall–Kier alpha value is -3.77. The molecule has 0 fully saturated rings. The molecule has 11 nitrogen and oxygen atoms in total. The van der Waals surface area contributed by atoms with E-state index in [1.54, 1.807) is 12.1 Å². The minimum Gasteiger partial charge on any atom is -0.480 e. The number of carboxylic acids is 2. The number of primary amides is 1. The number of rotatable bonds is 13. The van der Waals surface area contributed by atoms with Crippen molar-refractivity contribution in [2.24, 2.45) is 5.73 Å². The molecule has 34 heavy (non-hydrogen) atoms. The zero-order chi connectivity index (χ0) is 25.3. The monoisotopic (exact) mass is 491 g/mol. The summed E-state index contributed by atoms with van der Waals surface area (Å²) in [6.45, 7) is 0. The fourth-order valence-electron chi connectivity index (χ4n) is 3.03. The number of carboxylic acid groups (broad SMARTS) is 2. The van der Waals surface area contributed by atoms with Crippen LogP contribution in [0.15, 0.2) is 59.5 Å². The lowest BCUT2D eigenvalue weighted by Gasteiger charge is -2.17. The van der Waals surface area contributed by atoms with E-state index in [0.717, 1.165) is 11.1 Å². The van der Waals surface area contributed by atoms with Gasteiger partial charge in [0.2, 0.25) is 21.8 Å². The number of amides is 2. The highest BCUT2D eigenvalue weighted by atomic mass is 32.2. The van der Waals surface area contributed by atoms with Gasteiger partial charge in [-0.05, 0) is 36.1 Å². The van der Waals surface area contributed by atoms with E-state index in [9.17, 15) is 32.7 Å². The number of hydrogen-bond acceptors (Lipinski definition) is 6. The number of nitrogens with one attached hydrogen (secondary N) is 2.